The standard InChI is InChI=1S/C15H18N2O2/c1-10(2)8-17-9-13(15(18)19)14(16-17)12-7-5-4-6-11(12)3/h4-7,9-10H,8H2,1-3H3,(H,18,19). The van der Waals surface area contributed by atoms with Gasteiger partial charge in [0.1, 0.15) is 11.3 Å². The van der Waals surface area contributed by atoms with Gasteiger partial charge in [0.2, 0.25) is 0 Å². The third-order valence-electron chi connectivity index (χ3n) is 2.94. The first-order valence-corrected chi connectivity index (χ1v) is 6.35. The van der Waals surface area contributed by atoms with Gasteiger partial charge in [0.25, 0.3) is 0 Å². The molecule has 1 N–H and O–H groups in total. The second-order valence-corrected chi connectivity index (χ2v) is 5.13. The minimum atomic E-state index is -0.937. The molecule has 4 heteroatoms. The fourth-order valence-corrected chi connectivity index (χ4v) is 2.08. The number of hydrogen-bond donors (Lipinski definition) is 1. The van der Waals surface area contributed by atoms with Crippen molar-refractivity contribution in [3.05, 3.63) is 41.6 Å². The van der Waals surface area contributed by atoms with Crippen LogP contribution in [0.1, 0.15) is 29.8 Å². The molecular formula is C15H18N2O2. The second-order valence-electron chi connectivity index (χ2n) is 5.13. The molecule has 0 aliphatic carbocycles. The van der Waals surface area contributed by atoms with E-state index in [9.17, 15) is 9.90 Å². The number of nitrogens with zero attached hydrogens (tertiary/aromatic N) is 2. The van der Waals surface area contributed by atoms with Crippen LogP contribution in [0.25, 0.3) is 11.3 Å². The zero-order valence-electron chi connectivity index (χ0n) is 11.4. The Balaban J connectivity index is 2.52. The van der Waals surface area contributed by atoms with Gasteiger partial charge in [-0.1, -0.05) is 38.1 Å². The molecule has 1 heterocycles. The normalized spacial score (nSPS) is 10.9. The van der Waals surface area contributed by atoms with Gasteiger partial charge in [0, 0.05) is 18.3 Å². The minimum Gasteiger partial charge on any atom is -0.478 e. The van der Waals surface area contributed by atoms with Gasteiger partial charge in [-0.25, -0.2) is 4.79 Å². The topological polar surface area (TPSA) is 55.1 Å². The van der Waals surface area contributed by atoms with Crippen LogP contribution in [0, 0.1) is 12.8 Å². The predicted molar refractivity (Wildman–Crippen MR) is 74.2 cm³/mol. The quantitative estimate of drug-likeness (QED) is 0.916. The molecule has 0 spiro atoms. The van der Waals surface area contributed by atoms with E-state index >= 15 is 0 Å². The van der Waals surface area contributed by atoms with Crippen LogP contribution < -0.4 is 0 Å². The molecule has 0 unspecified atom stereocenters. The van der Waals surface area contributed by atoms with Crippen LogP contribution in [0.5, 0.6) is 0 Å². The van der Waals surface area contributed by atoms with Crippen molar-refractivity contribution in [2.75, 3.05) is 0 Å². The molecule has 2 rings (SSSR count). The van der Waals surface area contributed by atoms with E-state index in [2.05, 4.69) is 18.9 Å². The molecule has 19 heavy (non-hydrogen) atoms. The summed E-state index contributed by atoms with van der Waals surface area (Å²) in [4.78, 5) is 11.4. The van der Waals surface area contributed by atoms with Crippen molar-refractivity contribution < 1.29 is 9.90 Å². The van der Waals surface area contributed by atoms with Crippen molar-refractivity contribution in [1.29, 1.82) is 0 Å². The number of aryl methyl sites for hydroxylation is 1. The lowest BCUT2D eigenvalue weighted by Gasteiger charge is -2.05. The highest BCUT2D eigenvalue weighted by Crippen LogP contribution is 2.25. The summed E-state index contributed by atoms with van der Waals surface area (Å²) in [7, 11) is 0. The summed E-state index contributed by atoms with van der Waals surface area (Å²) in [5, 5.41) is 13.8. The fourth-order valence-electron chi connectivity index (χ4n) is 2.08. The summed E-state index contributed by atoms with van der Waals surface area (Å²) in [5.74, 6) is -0.514. The third kappa shape index (κ3) is 2.84. The first kappa shape index (κ1) is 13.3. The number of hydrogen-bond acceptors (Lipinski definition) is 2. The van der Waals surface area contributed by atoms with Crippen LogP contribution in [-0.2, 0) is 6.54 Å². The zero-order chi connectivity index (χ0) is 14.0. The summed E-state index contributed by atoms with van der Waals surface area (Å²) >= 11 is 0. The van der Waals surface area contributed by atoms with Gasteiger partial charge in [-0.2, -0.15) is 5.10 Å². The largest absolute Gasteiger partial charge is 0.478 e. The molecule has 2 aromatic rings. The van der Waals surface area contributed by atoms with Crippen molar-refractivity contribution in [3.8, 4) is 11.3 Å². The van der Waals surface area contributed by atoms with E-state index in [-0.39, 0.29) is 5.56 Å². The summed E-state index contributed by atoms with van der Waals surface area (Å²) in [6.45, 7) is 6.83. The molecule has 0 atom stereocenters. The van der Waals surface area contributed by atoms with Gasteiger partial charge in [-0.3, -0.25) is 4.68 Å². The molecule has 1 aromatic carbocycles. The predicted octanol–water partition coefficient (Wildman–Crippen LogP) is 3.21. The molecule has 0 aliphatic heterocycles. The Morgan fingerprint density at radius 2 is 2.05 bits per heavy atom. The second kappa shape index (κ2) is 5.26. The first-order chi connectivity index (χ1) is 8.99. The van der Waals surface area contributed by atoms with Gasteiger partial charge >= 0.3 is 5.97 Å². The average molecular weight is 258 g/mol. The number of aromatic carboxylic acids is 1. The third-order valence-corrected chi connectivity index (χ3v) is 2.94. The molecule has 0 amide bonds. The number of benzene rings is 1. The molecular weight excluding hydrogens is 240 g/mol. The lowest BCUT2D eigenvalue weighted by atomic mass is 10.0. The highest BCUT2D eigenvalue weighted by atomic mass is 16.4. The van der Waals surface area contributed by atoms with Crippen LogP contribution in [0.15, 0.2) is 30.5 Å². The first-order valence-electron chi connectivity index (χ1n) is 6.35. The molecule has 0 aliphatic rings. The van der Waals surface area contributed by atoms with Crippen molar-refractivity contribution in [2.24, 2.45) is 5.92 Å². The SMILES string of the molecule is Cc1ccccc1-c1nn(CC(C)C)cc1C(=O)O. The lowest BCUT2D eigenvalue weighted by molar-refractivity contribution is 0.0697. The molecule has 0 bridgehead atoms. The van der Waals surface area contributed by atoms with Gasteiger partial charge in [-0.05, 0) is 18.4 Å². The van der Waals surface area contributed by atoms with Crippen molar-refractivity contribution in [3.63, 3.8) is 0 Å². The van der Waals surface area contributed by atoms with E-state index < -0.39 is 5.97 Å². The van der Waals surface area contributed by atoms with Crippen LogP contribution in [0.2, 0.25) is 0 Å². The highest BCUT2D eigenvalue weighted by Gasteiger charge is 2.18. The lowest BCUT2D eigenvalue weighted by Crippen LogP contribution is -2.04. The molecule has 100 valence electrons. The van der Waals surface area contributed by atoms with E-state index in [4.69, 9.17) is 0 Å². The minimum absolute atomic E-state index is 0.259. The van der Waals surface area contributed by atoms with E-state index in [1.165, 1.54) is 0 Å². The molecule has 4 nitrogen and oxygen atoms in total. The van der Waals surface area contributed by atoms with E-state index in [0.29, 0.717) is 18.2 Å². The molecule has 0 saturated heterocycles. The maximum atomic E-state index is 11.4. The van der Waals surface area contributed by atoms with Gasteiger partial charge in [0.15, 0.2) is 0 Å². The van der Waals surface area contributed by atoms with Crippen LogP contribution in [0.4, 0.5) is 0 Å². The summed E-state index contributed by atoms with van der Waals surface area (Å²) in [6, 6.07) is 7.70. The summed E-state index contributed by atoms with van der Waals surface area (Å²) in [6.07, 6.45) is 1.62. The van der Waals surface area contributed by atoms with E-state index in [0.717, 1.165) is 11.1 Å². The summed E-state index contributed by atoms with van der Waals surface area (Å²) < 4.78 is 1.72. The maximum absolute atomic E-state index is 11.4. The number of carbonyl (C=O) groups is 1. The zero-order valence-corrected chi connectivity index (χ0v) is 11.4. The monoisotopic (exact) mass is 258 g/mol. The Morgan fingerprint density at radius 1 is 1.37 bits per heavy atom. The van der Waals surface area contributed by atoms with Gasteiger partial charge in [0.05, 0.1) is 0 Å². The van der Waals surface area contributed by atoms with Crippen LogP contribution in [-0.4, -0.2) is 20.9 Å². The number of carboxylic acid groups (broad SMARTS) is 1. The Hall–Kier alpha value is -2.10. The van der Waals surface area contributed by atoms with E-state index in [1.807, 2.05) is 31.2 Å². The Bertz CT molecular complexity index is 600. The number of carboxylic acids is 1. The van der Waals surface area contributed by atoms with Gasteiger partial charge < -0.3 is 5.11 Å². The van der Waals surface area contributed by atoms with E-state index in [1.54, 1.807) is 10.9 Å². The van der Waals surface area contributed by atoms with Crippen LogP contribution >= 0.6 is 0 Å². The fraction of sp³-hybridized carbons (Fsp3) is 0.333. The molecule has 1 aromatic heterocycles. The Labute approximate surface area is 112 Å². The maximum Gasteiger partial charge on any atom is 0.339 e. The number of rotatable bonds is 4. The van der Waals surface area contributed by atoms with Crippen molar-refractivity contribution in [1.82, 2.24) is 9.78 Å². The van der Waals surface area contributed by atoms with Crippen LogP contribution in [0.3, 0.4) is 0 Å². The molecule has 0 saturated carbocycles. The molecule has 0 radical (unpaired) electrons. The highest BCUT2D eigenvalue weighted by molar-refractivity contribution is 5.95. The average Bonchev–Trinajstić information content (AvgIpc) is 2.72. The Kier molecular flexibility index (Phi) is 3.69. The molecule has 0 fully saturated rings. The Morgan fingerprint density at radius 3 is 2.63 bits per heavy atom. The summed E-state index contributed by atoms with van der Waals surface area (Å²) in [5.41, 5.74) is 2.71. The van der Waals surface area contributed by atoms with Crippen molar-refractivity contribution in [2.45, 2.75) is 27.3 Å². The van der Waals surface area contributed by atoms with Gasteiger partial charge in [-0.15, -0.1) is 0 Å². The number of aromatic nitrogens is 2. The van der Waals surface area contributed by atoms with Crippen molar-refractivity contribution >= 4 is 5.97 Å². The smallest absolute Gasteiger partial charge is 0.339 e.